The summed E-state index contributed by atoms with van der Waals surface area (Å²) in [4.78, 5) is 17.3. The average Bonchev–Trinajstić information content (AvgIpc) is 3.24. The molecule has 4 rings (SSSR count). The summed E-state index contributed by atoms with van der Waals surface area (Å²) in [5.74, 6) is 0.451. The lowest BCUT2D eigenvalue weighted by Gasteiger charge is -2.30. The Labute approximate surface area is 195 Å². The molecular formula is C24H33N3O3S2. The van der Waals surface area contributed by atoms with Crippen molar-refractivity contribution in [3.8, 4) is 0 Å². The molecule has 2 fully saturated rings. The van der Waals surface area contributed by atoms with Crippen molar-refractivity contribution in [2.24, 2.45) is 5.92 Å². The molecule has 1 saturated carbocycles. The zero-order valence-corrected chi connectivity index (χ0v) is 20.4. The van der Waals surface area contributed by atoms with Gasteiger partial charge in [-0.25, -0.2) is 13.4 Å². The monoisotopic (exact) mass is 475 g/mol. The Bertz CT molecular complexity index is 1000. The maximum absolute atomic E-state index is 13.1. The number of piperidine rings is 1. The number of nitrogens with one attached hydrogen (secondary N) is 1. The molecule has 1 saturated heterocycles. The van der Waals surface area contributed by atoms with Crippen molar-refractivity contribution in [3.05, 3.63) is 45.9 Å². The lowest BCUT2D eigenvalue weighted by molar-refractivity contribution is -0.126. The first-order chi connectivity index (χ1) is 15.4. The van der Waals surface area contributed by atoms with Gasteiger partial charge in [-0.05, 0) is 56.2 Å². The van der Waals surface area contributed by atoms with Crippen molar-refractivity contribution >= 4 is 27.3 Å². The van der Waals surface area contributed by atoms with Gasteiger partial charge >= 0.3 is 0 Å². The number of nitrogens with zero attached hydrogens (tertiary/aromatic N) is 2. The Morgan fingerprint density at radius 3 is 2.41 bits per heavy atom. The summed E-state index contributed by atoms with van der Waals surface area (Å²) in [6.45, 7) is 3.31. The van der Waals surface area contributed by atoms with E-state index in [1.165, 1.54) is 42.0 Å². The first-order valence-electron chi connectivity index (χ1n) is 11.7. The van der Waals surface area contributed by atoms with Crippen LogP contribution >= 0.6 is 11.3 Å². The molecule has 1 N–H and O–H groups in total. The van der Waals surface area contributed by atoms with Crippen LogP contribution in [0, 0.1) is 12.8 Å². The predicted molar refractivity (Wildman–Crippen MR) is 127 cm³/mol. The zero-order chi connectivity index (χ0) is 22.6. The molecule has 0 radical (unpaired) electrons. The van der Waals surface area contributed by atoms with Crippen LogP contribution in [0.15, 0.2) is 34.5 Å². The summed E-state index contributed by atoms with van der Waals surface area (Å²) in [5, 5.41) is 6.04. The summed E-state index contributed by atoms with van der Waals surface area (Å²) in [6, 6.07) is 7.51. The number of sulfonamides is 1. The smallest absolute Gasteiger partial charge is 0.243 e. The Hall–Kier alpha value is -1.77. The number of aromatic nitrogens is 1. The number of benzene rings is 1. The lowest BCUT2D eigenvalue weighted by atomic mass is 9.84. The predicted octanol–water partition coefficient (Wildman–Crippen LogP) is 4.26. The van der Waals surface area contributed by atoms with Crippen molar-refractivity contribution in [2.75, 3.05) is 19.6 Å². The molecule has 2 heterocycles. The van der Waals surface area contributed by atoms with E-state index in [1.807, 2.05) is 24.4 Å². The van der Waals surface area contributed by atoms with Gasteiger partial charge in [0.1, 0.15) is 0 Å². The number of amides is 1. The van der Waals surface area contributed by atoms with Crippen LogP contribution in [0.25, 0.3) is 0 Å². The minimum atomic E-state index is -3.51. The van der Waals surface area contributed by atoms with Crippen LogP contribution in [0.1, 0.15) is 67.1 Å². The van der Waals surface area contributed by atoms with Crippen LogP contribution in [0.3, 0.4) is 0 Å². The van der Waals surface area contributed by atoms with Gasteiger partial charge in [-0.3, -0.25) is 4.79 Å². The third-order valence-electron chi connectivity index (χ3n) is 6.77. The fourth-order valence-electron chi connectivity index (χ4n) is 4.84. The first-order valence-corrected chi connectivity index (χ1v) is 14.0. The summed E-state index contributed by atoms with van der Waals surface area (Å²) in [5.41, 5.74) is 2.26. The highest BCUT2D eigenvalue weighted by Gasteiger charge is 2.32. The minimum Gasteiger partial charge on any atom is -0.355 e. The fraction of sp³-hybridized carbons (Fsp3) is 0.583. The Morgan fingerprint density at radius 2 is 1.78 bits per heavy atom. The van der Waals surface area contributed by atoms with E-state index in [0.29, 0.717) is 43.3 Å². The van der Waals surface area contributed by atoms with Crippen LogP contribution in [0.4, 0.5) is 0 Å². The molecule has 32 heavy (non-hydrogen) atoms. The largest absolute Gasteiger partial charge is 0.355 e. The summed E-state index contributed by atoms with van der Waals surface area (Å²) >= 11 is 1.61. The molecule has 1 aliphatic heterocycles. The molecule has 1 amide bonds. The highest BCUT2D eigenvalue weighted by Crippen LogP contribution is 2.33. The van der Waals surface area contributed by atoms with Gasteiger partial charge in [0.15, 0.2) is 0 Å². The molecule has 0 spiro atoms. The van der Waals surface area contributed by atoms with Gasteiger partial charge in [-0.1, -0.05) is 31.4 Å². The number of hydrogen-bond acceptors (Lipinski definition) is 5. The van der Waals surface area contributed by atoms with Crippen LogP contribution in [-0.4, -0.2) is 43.2 Å². The van der Waals surface area contributed by atoms with Gasteiger partial charge in [-0.2, -0.15) is 4.31 Å². The van der Waals surface area contributed by atoms with Crippen molar-refractivity contribution in [1.29, 1.82) is 0 Å². The maximum atomic E-state index is 13.1. The van der Waals surface area contributed by atoms with Gasteiger partial charge in [0.05, 0.1) is 15.6 Å². The molecule has 2 aliphatic rings. The van der Waals surface area contributed by atoms with Crippen molar-refractivity contribution < 1.29 is 13.2 Å². The highest BCUT2D eigenvalue weighted by atomic mass is 32.2. The van der Waals surface area contributed by atoms with Gasteiger partial charge in [0.25, 0.3) is 0 Å². The normalized spacial score (nSPS) is 19.2. The zero-order valence-electron chi connectivity index (χ0n) is 18.8. The Balaban J connectivity index is 1.27. The second kappa shape index (κ2) is 10.4. The molecular weight excluding hydrogens is 442 g/mol. The second-order valence-corrected chi connectivity index (χ2v) is 12.0. The van der Waals surface area contributed by atoms with Crippen molar-refractivity contribution in [1.82, 2.24) is 14.6 Å². The van der Waals surface area contributed by atoms with E-state index in [2.05, 4.69) is 10.3 Å². The van der Waals surface area contributed by atoms with Crippen LogP contribution < -0.4 is 5.32 Å². The van der Waals surface area contributed by atoms with Gasteiger partial charge in [0.2, 0.25) is 15.9 Å². The number of carbonyl (C=O) groups excluding carboxylic acids is 1. The molecule has 2 aromatic rings. The van der Waals surface area contributed by atoms with E-state index in [9.17, 15) is 13.2 Å². The van der Waals surface area contributed by atoms with E-state index in [4.69, 9.17) is 0 Å². The molecule has 1 aromatic carbocycles. The van der Waals surface area contributed by atoms with Gasteiger partial charge in [-0.15, -0.1) is 11.3 Å². The molecule has 1 aromatic heterocycles. The number of hydrogen-bond donors (Lipinski definition) is 1. The third kappa shape index (κ3) is 5.58. The number of carbonyl (C=O) groups is 1. The molecule has 6 nitrogen and oxygen atoms in total. The Kier molecular flexibility index (Phi) is 7.63. The summed E-state index contributed by atoms with van der Waals surface area (Å²) in [7, 11) is -3.51. The second-order valence-electron chi connectivity index (χ2n) is 8.98. The summed E-state index contributed by atoms with van der Waals surface area (Å²) in [6.07, 6.45) is 8.07. The van der Waals surface area contributed by atoms with E-state index >= 15 is 0 Å². The van der Waals surface area contributed by atoms with Crippen LogP contribution in [0.2, 0.25) is 0 Å². The number of rotatable bonds is 7. The highest BCUT2D eigenvalue weighted by molar-refractivity contribution is 7.89. The minimum absolute atomic E-state index is 0.0193. The fourth-order valence-corrected chi connectivity index (χ4v) is 6.95. The van der Waals surface area contributed by atoms with Crippen molar-refractivity contribution in [3.63, 3.8) is 0 Å². The molecule has 1 aliphatic carbocycles. The maximum Gasteiger partial charge on any atom is 0.243 e. The topological polar surface area (TPSA) is 79.4 Å². The van der Waals surface area contributed by atoms with Crippen LogP contribution in [0.5, 0.6) is 0 Å². The van der Waals surface area contributed by atoms with Crippen molar-refractivity contribution in [2.45, 2.75) is 69.1 Å². The first kappa shape index (κ1) is 23.4. The molecule has 8 heteroatoms. The SMILES string of the molecule is Cc1nc(CCNC(=O)C2CCN(S(=O)(=O)c3ccc(C4CCCCC4)cc3)CC2)cs1. The van der Waals surface area contributed by atoms with Gasteiger partial charge in [0, 0.05) is 37.4 Å². The van der Waals surface area contributed by atoms with E-state index < -0.39 is 10.0 Å². The summed E-state index contributed by atoms with van der Waals surface area (Å²) < 4.78 is 27.7. The Morgan fingerprint density at radius 1 is 1.09 bits per heavy atom. The quantitative estimate of drug-likeness (QED) is 0.649. The average molecular weight is 476 g/mol. The van der Waals surface area contributed by atoms with E-state index in [-0.39, 0.29) is 11.8 Å². The van der Waals surface area contributed by atoms with Gasteiger partial charge < -0.3 is 5.32 Å². The lowest BCUT2D eigenvalue weighted by Crippen LogP contribution is -2.43. The van der Waals surface area contributed by atoms with E-state index in [0.717, 1.165) is 17.1 Å². The standard InChI is InChI=1S/C24H33N3O3S2/c1-18-26-22(17-31-18)11-14-25-24(28)21-12-15-27(16-13-21)32(29,30)23-9-7-20(8-10-23)19-5-3-2-4-6-19/h7-10,17,19,21H,2-6,11-16H2,1H3,(H,25,28). The van der Waals surface area contributed by atoms with Crippen LogP contribution in [-0.2, 0) is 21.2 Å². The third-order valence-corrected chi connectivity index (χ3v) is 9.50. The van der Waals surface area contributed by atoms with E-state index in [1.54, 1.807) is 23.5 Å². The molecule has 0 bridgehead atoms. The molecule has 0 atom stereocenters. The number of aryl methyl sites for hydroxylation is 1. The number of thiazole rings is 1. The molecule has 174 valence electrons. The molecule has 0 unspecified atom stereocenters.